The van der Waals surface area contributed by atoms with Crippen LogP contribution in [0, 0.1) is 0 Å². The number of nitrogens with zero attached hydrogens (tertiary/aromatic N) is 3. The van der Waals surface area contributed by atoms with Crippen molar-refractivity contribution in [2.45, 2.75) is 19.8 Å². The minimum absolute atomic E-state index is 0.200. The molecule has 0 aromatic carbocycles. The molecule has 0 saturated carbocycles. The topological polar surface area (TPSA) is 45.6 Å². The number of allylic oxidation sites excluding steroid dienone is 3. The van der Waals surface area contributed by atoms with Crippen molar-refractivity contribution < 1.29 is 4.79 Å². The number of aromatic nitrogens is 1. The molecule has 0 fully saturated rings. The molecular weight excluding hydrogens is 306 g/mol. The molecule has 0 spiro atoms. The van der Waals surface area contributed by atoms with Gasteiger partial charge < -0.3 is 0 Å². The largest absolute Gasteiger partial charge is 0.347 e. The molecule has 2 heterocycles. The van der Waals surface area contributed by atoms with E-state index in [-0.39, 0.29) is 11.9 Å². The maximum absolute atomic E-state index is 12.3. The summed E-state index contributed by atoms with van der Waals surface area (Å²) in [6.07, 6.45) is 7.56. The van der Waals surface area contributed by atoms with E-state index in [1.807, 2.05) is 38.1 Å². The van der Waals surface area contributed by atoms with Gasteiger partial charge in [0.2, 0.25) is 0 Å². The van der Waals surface area contributed by atoms with Gasteiger partial charge >= 0.3 is 6.03 Å². The Balaban J connectivity index is 2.47. The van der Waals surface area contributed by atoms with Gasteiger partial charge in [-0.05, 0) is 43.8 Å². The van der Waals surface area contributed by atoms with Crippen LogP contribution in [0.1, 0.15) is 25.3 Å². The van der Waals surface area contributed by atoms with Crippen LogP contribution in [0.3, 0.4) is 0 Å². The van der Waals surface area contributed by atoms with Gasteiger partial charge in [-0.2, -0.15) is 0 Å². The number of carbonyl (C=O) groups excluding carboxylic acids is 1. The summed E-state index contributed by atoms with van der Waals surface area (Å²) >= 11 is 1.74. The Hall–Kier alpha value is -2.14. The number of amides is 2. The highest BCUT2D eigenvalue weighted by atomic mass is 32.2. The van der Waals surface area contributed by atoms with E-state index in [2.05, 4.69) is 23.3 Å². The van der Waals surface area contributed by atoms with Gasteiger partial charge in [-0.25, -0.2) is 9.79 Å². The molecule has 1 aromatic heterocycles. The first-order valence-corrected chi connectivity index (χ1v) is 8.40. The van der Waals surface area contributed by atoms with Crippen LogP contribution in [0.4, 0.5) is 4.79 Å². The number of rotatable bonds is 3. The van der Waals surface area contributed by atoms with Gasteiger partial charge in [-0.1, -0.05) is 18.7 Å². The van der Waals surface area contributed by atoms with Crippen LogP contribution in [-0.4, -0.2) is 34.9 Å². The third-order valence-electron chi connectivity index (χ3n) is 3.61. The molecule has 2 rings (SSSR count). The molecule has 1 aromatic rings. The van der Waals surface area contributed by atoms with E-state index in [4.69, 9.17) is 0 Å². The Morgan fingerprint density at radius 1 is 1.48 bits per heavy atom. The number of pyridine rings is 1. The van der Waals surface area contributed by atoms with Crippen molar-refractivity contribution in [1.29, 1.82) is 0 Å². The number of hydrogen-bond donors (Lipinski definition) is 0. The zero-order chi connectivity index (χ0) is 16.8. The molecule has 5 heteroatoms. The van der Waals surface area contributed by atoms with E-state index >= 15 is 0 Å². The predicted molar refractivity (Wildman–Crippen MR) is 97.7 cm³/mol. The molecule has 0 saturated heterocycles. The fraction of sp³-hybridized carbons (Fsp3) is 0.278. The van der Waals surface area contributed by atoms with E-state index in [9.17, 15) is 4.79 Å². The third-order valence-corrected chi connectivity index (χ3v) is 4.82. The summed E-state index contributed by atoms with van der Waals surface area (Å²) < 4.78 is 0. The molecule has 1 aliphatic heterocycles. The Bertz CT molecular complexity index is 664. The summed E-state index contributed by atoms with van der Waals surface area (Å²) in [7, 11) is 0. The SMILES string of the molecule is C=NC(=O)N1CC(c2ccncc2)CSC(/C=C\C)=C1C(=C)C. The van der Waals surface area contributed by atoms with Gasteiger partial charge in [0.05, 0.1) is 5.70 Å². The lowest BCUT2D eigenvalue weighted by Crippen LogP contribution is -2.32. The molecular formula is C18H21N3OS. The lowest BCUT2D eigenvalue weighted by molar-refractivity contribution is 0.220. The van der Waals surface area contributed by atoms with Crippen molar-refractivity contribution in [3.63, 3.8) is 0 Å². The third kappa shape index (κ3) is 3.99. The number of carbonyl (C=O) groups is 1. The molecule has 1 atom stereocenters. The van der Waals surface area contributed by atoms with Gasteiger partial charge in [0.15, 0.2) is 0 Å². The summed E-state index contributed by atoms with van der Waals surface area (Å²) in [5, 5.41) is 0. The first-order valence-electron chi connectivity index (χ1n) is 7.42. The van der Waals surface area contributed by atoms with Crippen molar-refractivity contribution in [3.8, 4) is 0 Å². The second-order valence-corrected chi connectivity index (χ2v) is 6.39. The molecule has 0 aliphatic carbocycles. The van der Waals surface area contributed by atoms with E-state index < -0.39 is 0 Å². The Kier molecular flexibility index (Phi) is 5.93. The lowest BCUT2D eigenvalue weighted by atomic mass is 10.0. The van der Waals surface area contributed by atoms with Crippen molar-refractivity contribution >= 4 is 24.5 Å². The highest BCUT2D eigenvalue weighted by molar-refractivity contribution is 8.03. The maximum atomic E-state index is 12.3. The van der Waals surface area contributed by atoms with Crippen molar-refractivity contribution in [2.75, 3.05) is 12.3 Å². The quantitative estimate of drug-likeness (QED) is 0.773. The first-order chi connectivity index (χ1) is 11.1. The highest BCUT2D eigenvalue weighted by Crippen LogP contribution is 2.37. The number of hydrogen-bond acceptors (Lipinski definition) is 3. The Morgan fingerprint density at radius 2 is 2.17 bits per heavy atom. The number of urea groups is 1. The molecule has 0 N–H and O–H groups in total. The number of aliphatic imine (C=N–C) groups is 1. The summed E-state index contributed by atoms with van der Waals surface area (Å²) in [5.41, 5.74) is 2.84. The van der Waals surface area contributed by atoms with Crippen LogP contribution < -0.4 is 0 Å². The van der Waals surface area contributed by atoms with E-state index in [0.29, 0.717) is 6.54 Å². The van der Waals surface area contributed by atoms with Gasteiger partial charge in [-0.3, -0.25) is 9.88 Å². The Labute approximate surface area is 141 Å². The highest BCUT2D eigenvalue weighted by Gasteiger charge is 2.28. The second-order valence-electron chi connectivity index (χ2n) is 5.33. The number of thioether (sulfide) groups is 1. The molecule has 1 aliphatic rings. The van der Waals surface area contributed by atoms with Crippen LogP contribution in [0.25, 0.3) is 0 Å². The van der Waals surface area contributed by atoms with Crippen LogP contribution >= 0.6 is 11.8 Å². The molecule has 0 bridgehead atoms. The lowest BCUT2D eigenvalue weighted by Gasteiger charge is -2.26. The fourth-order valence-corrected chi connectivity index (χ4v) is 3.90. The molecule has 23 heavy (non-hydrogen) atoms. The average molecular weight is 327 g/mol. The molecule has 2 amide bonds. The molecule has 120 valence electrons. The predicted octanol–water partition coefficient (Wildman–Crippen LogP) is 4.40. The van der Waals surface area contributed by atoms with Gasteiger partial charge in [0.25, 0.3) is 0 Å². The normalized spacial score (nSPS) is 18.9. The van der Waals surface area contributed by atoms with Gasteiger partial charge in [-0.15, -0.1) is 11.8 Å². The average Bonchev–Trinajstić information content (AvgIpc) is 2.75. The fourth-order valence-electron chi connectivity index (χ4n) is 2.57. The van der Waals surface area contributed by atoms with Gasteiger partial charge in [0, 0.05) is 35.5 Å². The van der Waals surface area contributed by atoms with Crippen LogP contribution in [-0.2, 0) is 0 Å². The second kappa shape index (κ2) is 7.92. The minimum Gasteiger partial charge on any atom is -0.291 e. The van der Waals surface area contributed by atoms with Crippen LogP contribution in [0.5, 0.6) is 0 Å². The van der Waals surface area contributed by atoms with E-state index in [1.54, 1.807) is 29.1 Å². The molecule has 1 unspecified atom stereocenters. The zero-order valence-electron chi connectivity index (χ0n) is 13.5. The van der Waals surface area contributed by atoms with E-state index in [0.717, 1.165) is 27.5 Å². The van der Waals surface area contributed by atoms with Crippen molar-refractivity contribution in [1.82, 2.24) is 9.88 Å². The molecule has 0 radical (unpaired) electrons. The smallest absolute Gasteiger partial charge is 0.291 e. The monoisotopic (exact) mass is 327 g/mol. The minimum atomic E-state index is -0.341. The van der Waals surface area contributed by atoms with Crippen LogP contribution in [0.15, 0.2) is 64.4 Å². The van der Waals surface area contributed by atoms with Crippen LogP contribution in [0.2, 0.25) is 0 Å². The zero-order valence-corrected chi connectivity index (χ0v) is 14.3. The summed E-state index contributed by atoms with van der Waals surface area (Å²) in [4.78, 5) is 22.8. The summed E-state index contributed by atoms with van der Waals surface area (Å²) in [5.74, 6) is 1.08. The summed E-state index contributed by atoms with van der Waals surface area (Å²) in [6.45, 7) is 11.9. The maximum Gasteiger partial charge on any atom is 0.347 e. The van der Waals surface area contributed by atoms with Crippen molar-refractivity contribution in [3.05, 3.63) is 65.0 Å². The summed E-state index contributed by atoms with van der Waals surface area (Å²) in [6, 6.07) is 3.65. The first kappa shape index (κ1) is 17.2. The standard InChI is InChI=1S/C18H21N3OS/c1-5-6-16-17(13(2)3)21(18(22)19-4)11-15(12-23-16)14-7-9-20-10-8-14/h5-10,15H,2,4,11-12H2,1,3H3/b6-5-. The Morgan fingerprint density at radius 3 is 2.74 bits per heavy atom. The van der Waals surface area contributed by atoms with Gasteiger partial charge in [0.1, 0.15) is 0 Å². The molecule has 4 nitrogen and oxygen atoms in total. The van der Waals surface area contributed by atoms with E-state index in [1.165, 1.54) is 0 Å². The van der Waals surface area contributed by atoms with Crippen molar-refractivity contribution in [2.24, 2.45) is 4.99 Å².